The van der Waals surface area contributed by atoms with Crippen molar-refractivity contribution in [3.05, 3.63) is 85.1 Å². The van der Waals surface area contributed by atoms with Gasteiger partial charge in [0, 0.05) is 19.3 Å². The molecule has 0 rings (SSSR count). The van der Waals surface area contributed by atoms with Crippen molar-refractivity contribution in [1.29, 1.82) is 0 Å². The molecule has 0 spiro atoms. The molecular weight excluding hydrogens is 889 g/mol. The lowest BCUT2D eigenvalue weighted by Gasteiger charge is -2.18. The molecule has 0 aromatic rings. The van der Waals surface area contributed by atoms with Crippen LogP contribution in [0, 0.1) is 0 Å². The molecule has 0 radical (unpaired) electrons. The maximum Gasteiger partial charge on any atom is 0.306 e. The summed E-state index contributed by atoms with van der Waals surface area (Å²) in [6, 6.07) is 0. The average Bonchev–Trinajstić information content (AvgIpc) is 3.38. The van der Waals surface area contributed by atoms with Crippen molar-refractivity contribution in [1.82, 2.24) is 0 Å². The molecule has 0 N–H and O–H groups in total. The Labute approximate surface area is 445 Å². The van der Waals surface area contributed by atoms with Crippen molar-refractivity contribution in [2.45, 2.75) is 303 Å². The molecule has 0 aliphatic carbocycles. The molecule has 0 aromatic heterocycles. The Balaban J connectivity index is 4.29. The Bertz CT molecular complexity index is 1380. The predicted molar refractivity (Wildman–Crippen MR) is 311 cm³/mol. The second kappa shape index (κ2) is 60.1. The zero-order valence-corrected chi connectivity index (χ0v) is 47.4. The molecule has 0 heterocycles. The number of rotatable bonds is 55. The molecule has 6 nitrogen and oxygen atoms in total. The first-order valence-corrected chi connectivity index (χ1v) is 30.6. The summed E-state index contributed by atoms with van der Waals surface area (Å²) in [6.07, 6.45) is 78.7. The molecule has 0 amide bonds. The van der Waals surface area contributed by atoms with Crippen LogP contribution in [0.4, 0.5) is 0 Å². The fraction of sp³-hybridized carbons (Fsp3) is 0.742. The molecule has 0 saturated heterocycles. The van der Waals surface area contributed by atoms with E-state index in [9.17, 15) is 14.4 Å². The number of hydrogen-bond donors (Lipinski definition) is 0. The molecule has 1 unspecified atom stereocenters. The van der Waals surface area contributed by atoms with Crippen LogP contribution in [-0.2, 0) is 28.6 Å². The van der Waals surface area contributed by atoms with E-state index in [-0.39, 0.29) is 31.1 Å². The molecule has 0 aliphatic heterocycles. The van der Waals surface area contributed by atoms with Crippen LogP contribution in [-0.4, -0.2) is 37.2 Å². The van der Waals surface area contributed by atoms with E-state index < -0.39 is 6.10 Å². The second-order valence-corrected chi connectivity index (χ2v) is 20.2. The number of carbonyl (C=O) groups is 3. The number of unbranched alkanes of at least 4 members (excludes halogenated alkanes) is 30. The van der Waals surface area contributed by atoms with Gasteiger partial charge < -0.3 is 14.2 Å². The van der Waals surface area contributed by atoms with Crippen LogP contribution >= 0.6 is 0 Å². The number of ether oxygens (including phenoxy) is 3. The number of hydrogen-bond acceptors (Lipinski definition) is 6. The quantitative estimate of drug-likeness (QED) is 0.0261. The van der Waals surface area contributed by atoms with Crippen LogP contribution in [0.15, 0.2) is 85.1 Å². The van der Waals surface area contributed by atoms with E-state index >= 15 is 0 Å². The first kappa shape index (κ1) is 68.6. The maximum atomic E-state index is 12.9. The summed E-state index contributed by atoms with van der Waals surface area (Å²) in [5, 5.41) is 0. The standard InChI is InChI=1S/C66H114O6/c1-4-7-10-13-16-19-22-24-26-28-30-31-32-33-34-35-37-38-40-42-44-47-50-53-56-59-65(68)71-62-63(61-70-64(67)58-55-52-49-46-21-18-15-12-9-6-3)72-66(69)60-57-54-51-48-45-43-41-39-36-29-27-25-23-20-17-14-11-8-5-2/h8,11,17,20,22,24-25,27-28,30,32-33,36,39,63H,4-7,9-10,12-16,18-19,21,23,26,29,31,34-35,37-38,40-62H2,1-3H3/b11-8-,20-17-,24-22-,27-25-,30-28-,33-32-,39-36-. The molecule has 0 bridgehead atoms. The Kier molecular flexibility index (Phi) is 57.3. The van der Waals surface area contributed by atoms with E-state index in [1.807, 2.05) is 0 Å². The SMILES string of the molecule is CC/C=C\C/C=C\C/C=C\C/C=C\CCCCCCCCC(=O)OC(COC(=O)CCCCCCCCCCCC)COC(=O)CCCCCCCCCCCC/C=C\C/C=C\C/C=C\CCCCCCC. The van der Waals surface area contributed by atoms with Gasteiger partial charge in [0.2, 0.25) is 0 Å². The highest BCUT2D eigenvalue weighted by Crippen LogP contribution is 2.16. The summed E-state index contributed by atoms with van der Waals surface area (Å²) in [5.74, 6) is -0.893. The van der Waals surface area contributed by atoms with Gasteiger partial charge in [0.05, 0.1) is 0 Å². The van der Waals surface area contributed by atoms with Crippen LogP contribution in [0.1, 0.15) is 297 Å². The topological polar surface area (TPSA) is 78.9 Å². The fourth-order valence-electron chi connectivity index (χ4n) is 8.56. The Morgan fingerprint density at radius 1 is 0.292 bits per heavy atom. The number of carbonyl (C=O) groups excluding carboxylic acids is 3. The third kappa shape index (κ3) is 57.5. The predicted octanol–water partition coefficient (Wildman–Crippen LogP) is 20.7. The van der Waals surface area contributed by atoms with E-state index in [4.69, 9.17) is 14.2 Å². The summed E-state index contributed by atoms with van der Waals surface area (Å²) in [4.78, 5) is 38.2. The van der Waals surface area contributed by atoms with Gasteiger partial charge in [-0.2, -0.15) is 0 Å². The zero-order valence-electron chi connectivity index (χ0n) is 47.4. The van der Waals surface area contributed by atoms with Gasteiger partial charge in [-0.05, 0) is 96.3 Å². The van der Waals surface area contributed by atoms with Gasteiger partial charge in [0.1, 0.15) is 13.2 Å². The fourth-order valence-corrected chi connectivity index (χ4v) is 8.56. The summed E-state index contributed by atoms with van der Waals surface area (Å²) in [5.41, 5.74) is 0. The van der Waals surface area contributed by atoms with Crippen LogP contribution < -0.4 is 0 Å². The summed E-state index contributed by atoms with van der Waals surface area (Å²) in [6.45, 7) is 6.51. The van der Waals surface area contributed by atoms with Crippen molar-refractivity contribution in [2.75, 3.05) is 13.2 Å². The molecule has 6 heteroatoms. The lowest BCUT2D eigenvalue weighted by atomic mass is 10.1. The monoisotopic (exact) mass is 1000 g/mol. The molecule has 0 fully saturated rings. The van der Waals surface area contributed by atoms with Crippen LogP contribution in [0.5, 0.6) is 0 Å². The van der Waals surface area contributed by atoms with Crippen molar-refractivity contribution in [3.63, 3.8) is 0 Å². The average molecular weight is 1000 g/mol. The van der Waals surface area contributed by atoms with E-state index in [1.54, 1.807) is 0 Å². The maximum absolute atomic E-state index is 12.9. The van der Waals surface area contributed by atoms with E-state index in [0.29, 0.717) is 19.3 Å². The van der Waals surface area contributed by atoms with Crippen molar-refractivity contribution in [3.8, 4) is 0 Å². The van der Waals surface area contributed by atoms with Crippen LogP contribution in [0.25, 0.3) is 0 Å². The van der Waals surface area contributed by atoms with E-state index in [1.165, 1.54) is 148 Å². The van der Waals surface area contributed by atoms with Crippen molar-refractivity contribution < 1.29 is 28.6 Å². The van der Waals surface area contributed by atoms with Crippen molar-refractivity contribution >= 4 is 17.9 Å². The Morgan fingerprint density at radius 2 is 0.542 bits per heavy atom. The van der Waals surface area contributed by atoms with Gasteiger partial charge in [-0.1, -0.05) is 266 Å². The van der Waals surface area contributed by atoms with Gasteiger partial charge in [-0.3, -0.25) is 14.4 Å². The smallest absolute Gasteiger partial charge is 0.306 e. The summed E-state index contributed by atoms with van der Waals surface area (Å²) < 4.78 is 16.9. The highest BCUT2D eigenvalue weighted by atomic mass is 16.6. The highest BCUT2D eigenvalue weighted by molar-refractivity contribution is 5.71. The zero-order chi connectivity index (χ0) is 52.2. The summed E-state index contributed by atoms with van der Waals surface area (Å²) >= 11 is 0. The normalized spacial score (nSPS) is 12.7. The van der Waals surface area contributed by atoms with Crippen LogP contribution in [0.2, 0.25) is 0 Å². The van der Waals surface area contributed by atoms with E-state index in [2.05, 4.69) is 106 Å². The minimum Gasteiger partial charge on any atom is -0.462 e. The van der Waals surface area contributed by atoms with Gasteiger partial charge in [0.25, 0.3) is 0 Å². The highest BCUT2D eigenvalue weighted by Gasteiger charge is 2.19. The van der Waals surface area contributed by atoms with Crippen LogP contribution in [0.3, 0.4) is 0 Å². The summed E-state index contributed by atoms with van der Waals surface area (Å²) in [7, 11) is 0. The van der Waals surface area contributed by atoms with Gasteiger partial charge in [-0.25, -0.2) is 0 Å². The Morgan fingerprint density at radius 3 is 0.847 bits per heavy atom. The van der Waals surface area contributed by atoms with Gasteiger partial charge in [0.15, 0.2) is 6.10 Å². The molecule has 0 aliphatic rings. The largest absolute Gasteiger partial charge is 0.462 e. The first-order valence-electron chi connectivity index (χ1n) is 30.6. The van der Waals surface area contributed by atoms with Crippen molar-refractivity contribution in [2.24, 2.45) is 0 Å². The lowest BCUT2D eigenvalue weighted by molar-refractivity contribution is -0.167. The van der Waals surface area contributed by atoms with Gasteiger partial charge >= 0.3 is 17.9 Å². The number of esters is 3. The molecule has 0 aromatic carbocycles. The third-order valence-corrected chi connectivity index (χ3v) is 13.1. The molecule has 414 valence electrons. The van der Waals surface area contributed by atoms with Gasteiger partial charge in [-0.15, -0.1) is 0 Å². The lowest BCUT2D eigenvalue weighted by Crippen LogP contribution is -2.30. The number of allylic oxidation sites excluding steroid dienone is 14. The minimum absolute atomic E-state index is 0.0818. The molecule has 72 heavy (non-hydrogen) atoms. The molecule has 1 atom stereocenters. The Hall–Kier alpha value is -3.41. The third-order valence-electron chi connectivity index (χ3n) is 13.1. The first-order chi connectivity index (χ1) is 35.5. The minimum atomic E-state index is -0.785. The second-order valence-electron chi connectivity index (χ2n) is 20.2. The molecular formula is C66H114O6. The van der Waals surface area contributed by atoms with E-state index in [0.717, 1.165) is 109 Å². The molecule has 0 saturated carbocycles.